The highest BCUT2D eigenvalue weighted by molar-refractivity contribution is 5.35. The smallest absolute Gasteiger partial charge is 0.0972 e. The number of benzene rings is 1. The minimum Gasteiger partial charge on any atom is -0.392 e. The largest absolute Gasteiger partial charge is 0.392 e. The molecule has 72 valence electrons. The Bertz CT molecular complexity index is 344. The fourth-order valence-electron chi connectivity index (χ4n) is 1.08. The molecule has 2 heteroatoms. The first-order chi connectivity index (χ1) is 6.77. The second kappa shape index (κ2) is 5.23. The van der Waals surface area contributed by atoms with E-state index in [1.54, 1.807) is 24.3 Å². The Labute approximate surface area is 83.5 Å². The maximum Gasteiger partial charge on any atom is 0.0972 e. The van der Waals surface area contributed by atoms with Crippen molar-refractivity contribution in [3.63, 3.8) is 0 Å². The number of hydrogen-bond acceptors (Lipinski definition) is 2. The highest BCUT2D eigenvalue weighted by Gasteiger charge is 2.01. The summed E-state index contributed by atoms with van der Waals surface area (Å²) in [6.07, 6.45) is 7.54. The number of rotatable bonds is 3. The average Bonchev–Trinajstić information content (AvgIpc) is 2.26. The molecule has 0 aromatic heterocycles. The van der Waals surface area contributed by atoms with Crippen LogP contribution in [-0.4, -0.2) is 16.8 Å². The Kier molecular flexibility index (Phi) is 3.93. The van der Waals surface area contributed by atoms with E-state index in [9.17, 15) is 5.11 Å². The van der Waals surface area contributed by atoms with Gasteiger partial charge in [-0.15, -0.1) is 6.42 Å². The minimum atomic E-state index is -0.686. The van der Waals surface area contributed by atoms with Gasteiger partial charge in [-0.2, -0.15) is 0 Å². The third-order valence-corrected chi connectivity index (χ3v) is 1.84. The lowest BCUT2D eigenvalue weighted by Gasteiger charge is -2.05. The highest BCUT2D eigenvalue weighted by atomic mass is 16.3. The number of aliphatic hydroxyl groups excluding tert-OH is 2. The maximum atomic E-state index is 9.57. The minimum absolute atomic E-state index is 0.0699. The van der Waals surface area contributed by atoms with Crippen LogP contribution >= 0.6 is 0 Å². The van der Waals surface area contributed by atoms with Gasteiger partial charge in [0, 0.05) is 5.56 Å². The van der Waals surface area contributed by atoms with Crippen molar-refractivity contribution >= 4 is 0 Å². The van der Waals surface area contributed by atoms with Crippen molar-refractivity contribution in [3.05, 3.63) is 47.5 Å². The van der Waals surface area contributed by atoms with Gasteiger partial charge in [-0.05, 0) is 17.7 Å². The Balaban J connectivity index is 2.77. The molecule has 0 aliphatic heterocycles. The molecule has 1 atom stereocenters. The molecule has 0 aliphatic carbocycles. The summed E-state index contributed by atoms with van der Waals surface area (Å²) in [5.41, 5.74) is 1.54. The van der Waals surface area contributed by atoms with E-state index < -0.39 is 6.10 Å². The Hall–Kier alpha value is -1.56. The fraction of sp³-hybridized carbons (Fsp3) is 0.167. The molecule has 0 aliphatic rings. The lowest BCUT2D eigenvalue weighted by Crippen LogP contribution is -1.93. The van der Waals surface area contributed by atoms with E-state index in [0.29, 0.717) is 0 Å². The van der Waals surface area contributed by atoms with Crippen LogP contribution in [0.2, 0.25) is 0 Å². The summed E-state index contributed by atoms with van der Waals surface area (Å²) in [6.45, 7) is -0.0699. The van der Waals surface area contributed by atoms with Crippen LogP contribution in [0, 0.1) is 12.3 Å². The van der Waals surface area contributed by atoms with Crippen molar-refractivity contribution in [2.75, 3.05) is 6.61 Å². The molecule has 0 unspecified atom stereocenters. The average molecular weight is 188 g/mol. The predicted molar refractivity (Wildman–Crippen MR) is 55.6 cm³/mol. The van der Waals surface area contributed by atoms with Crippen molar-refractivity contribution < 1.29 is 10.2 Å². The summed E-state index contributed by atoms with van der Waals surface area (Å²) in [5.74, 6) is 2.50. The molecule has 0 fully saturated rings. The standard InChI is InChI=1S/C12H12O2/c1-2-10-5-7-11(8-6-10)12(14)4-3-9-13/h1,3-8,12-14H,9H2/b4-3+/t12-/m1/s1. The SMILES string of the molecule is C#Cc1ccc([C@H](O)/C=C/CO)cc1. The fourth-order valence-corrected chi connectivity index (χ4v) is 1.08. The summed E-state index contributed by atoms with van der Waals surface area (Å²) in [4.78, 5) is 0. The highest BCUT2D eigenvalue weighted by Crippen LogP contribution is 2.14. The summed E-state index contributed by atoms with van der Waals surface area (Å²) >= 11 is 0. The molecule has 1 aromatic rings. The molecule has 1 rings (SSSR count). The van der Waals surface area contributed by atoms with Gasteiger partial charge in [0.2, 0.25) is 0 Å². The molecular weight excluding hydrogens is 176 g/mol. The van der Waals surface area contributed by atoms with Gasteiger partial charge in [0.25, 0.3) is 0 Å². The van der Waals surface area contributed by atoms with Gasteiger partial charge < -0.3 is 10.2 Å². The molecule has 2 nitrogen and oxygen atoms in total. The van der Waals surface area contributed by atoms with E-state index >= 15 is 0 Å². The van der Waals surface area contributed by atoms with Gasteiger partial charge in [-0.1, -0.05) is 30.2 Å². The lowest BCUT2D eigenvalue weighted by molar-refractivity contribution is 0.227. The summed E-state index contributed by atoms with van der Waals surface area (Å²) in [5, 5.41) is 18.1. The number of terminal acetylenes is 1. The first-order valence-electron chi connectivity index (χ1n) is 4.30. The second-order valence-corrected chi connectivity index (χ2v) is 2.82. The zero-order valence-corrected chi connectivity index (χ0v) is 7.72. The van der Waals surface area contributed by atoms with Gasteiger partial charge >= 0.3 is 0 Å². The molecule has 0 bridgehead atoms. The molecule has 14 heavy (non-hydrogen) atoms. The van der Waals surface area contributed by atoms with E-state index in [1.807, 2.05) is 0 Å². The van der Waals surface area contributed by atoms with Crippen molar-refractivity contribution in [2.45, 2.75) is 6.10 Å². The van der Waals surface area contributed by atoms with E-state index in [-0.39, 0.29) is 6.61 Å². The Morgan fingerprint density at radius 3 is 2.50 bits per heavy atom. The van der Waals surface area contributed by atoms with Gasteiger partial charge in [0.1, 0.15) is 0 Å². The molecule has 0 saturated heterocycles. The van der Waals surface area contributed by atoms with Gasteiger partial charge in [-0.25, -0.2) is 0 Å². The van der Waals surface area contributed by atoms with E-state index in [1.165, 1.54) is 12.2 Å². The topological polar surface area (TPSA) is 40.5 Å². The van der Waals surface area contributed by atoms with Crippen LogP contribution in [0.4, 0.5) is 0 Å². The molecule has 0 amide bonds. The summed E-state index contributed by atoms with van der Waals surface area (Å²) in [7, 11) is 0. The third-order valence-electron chi connectivity index (χ3n) is 1.84. The third kappa shape index (κ3) is 2.74. The zero-order valence-electron chi connectivity index (χ0n) is 7.72. The summed E-state index contributed by atoms with van der Waals surface area (Å²) in [6, 6.07) is 7.07. The van der Waals surface area contributed by atoms with Crippen molar-refractivity contribution in [2.24, 2.45) is 0 Å². The predicted octanol–water partition coefficient (Wildman–Crippen LogP) is 1.25. The first-order valence-corrected chi connectivity index (χ1v) is 4.30. The van der Waals surface area contributed by atoms with E-state index in [0.717, 1.165) is 11.1 Å². The monoisotopic (exact) mass is 188 g/mol. The quantitative estimate of drug-likeness (QED) is 0.553. The number of aliphatic hydroxyl groups is 2. The lowest BCUT2D eigenvalue weighted by atomic mass is 10.1. The van der Waals surface area contributed by atoms with Crippen LogP contribution in [0.3, 0.4) is 0 Å². The maximum absolute atomic E-state index is 9.57. The van der Waals surface area contributed by atoms with Crippen LogP contribution in [-0.2, 0) is 0 Å². The molecule has 0 radical (unpaired) electrons. The van der Waals surface area contributed by atoms with E-state index in [4.69, 9.17) is 11.5 Å². The van der Waals surface area contributed by atoms with Crippen LogP contribution in [0.5, 0.6) is 0 Å². The van der Waals surface area contributed by atoms with Crippen LogP contribution < -0.4 is 0 Å². The van der Waals surface area contributed by atoms with Gasteiger partial charge in [-0.3, -0.25) is 0 Å². The van der Waals surface area contributed by atoms with E-state index in [2.05, 4.69) is 5.92 Å². The molecule has 0 heterocycles. The molecule has 2 N–H and O–H groups in total. The first kappa shape index (κ1) is 10.5. The zero-order chi connectivity index (χ0) is 10.4. The Morgan fingerprint density at radius 2 is 2.00 bits per heavy atom. The molecular formula is C12H12O2. The van der Waals surface area contributed by atoms with Crippen LogP contribution in [0.1, 0.15) is 17.2 Å². The molecule has 1 aromatic carbocycles. The molecule has 0 saturated carbocycles. The van der Waals surface area contributed by atoms with Crippen molar-refractivity contribution in [3.8, 4) is 12.3 Å². The molecule has 0 spiro atoms. The van der Waals surface area contributed by atoms with Crippen molar-refractivity contribution in [1.29, 1.82) is 0 Å². The normalized spacial score (nSPS) is 12.6. The second-order valence-electron chi connectivity index (χ2n) is 2.82. The van der Waals surface area contributed by atoms with Gasteiger partial charge in [0.05, 0.1) is 12.7 Å². The Morgan fingerprint density at radius 1 is 1.36 bits per heavy atom. The van der Waals surface area contributed by atoms with Crippen LogP contribution in [0.15, 0.2) is 36.4 Å². The van der Waals surface area contributed by atoms with Gasteiger partial charge in [0.15, 0.2) is 0 Å². The van der Waals surface area contributed by atoms with Crippen LogP contribution in [0.25, 0.3) is 0 Å². The number of hydrogen-bond donors (Lipinski definition) is 2. The van der Waals surface area contributed by atoms with Crippen molar-refractivity contribution in [1.82, 2.24) is 0 Å². The summed E-state index contributed by atoms with van der Waals surface area (Å²) < 4.78 is 0.